The Morgan fingerprint density at radius 2 is 2.15 bits per heavy atom. The molecule has 0 atom stereocenters. The number of ether oxygens (including phenoxy) is 2. The molecule has 0 N–H and O–H groups in total. The molecule has 0 spiro atoms. The van der Waals surface area contributed by atoms with Crippen LogP contribution in [0.3, 0.4) is 0 Å². The molecule has 0 unspecified atom stereocenters. The Morgan fingerprint density at radius 3 is 2.81 bits per heavy atom. The van der Waals surface area contributed by atoms with Crippen LogP contribution in [-0.4, -0.2) is 53.2 Å². The third-order valence-electron chi connectivity index (χ3n) is 3.37. The van der Waals surface area contributed by atoms with Crippen LogP contribution in [0.25, 0.3) is 0 Å². The Kier molecular flexibility index (Phi) is 7.19. The van der Waals surface area contributed by atoms with Gasteiger partial charge in [0.1, 0.15) is 11.6 Å². The van der Waals surface area contributed by atoms with Crippen molar-refractivity contribution in [2.45, 2.75) is 6.92 Å². The van der Waals surface area contributed by atoms with Crippen molar-refractivity contribution in [3.8, 4) is 0 Å². The number of nitrogens with zero attached hydrogens (tertiary/aromatic N) is 2. The van der Waals surface area contributed by atoms with Gasteiger partial charge < -0.3 is 14.4 Å². The number of benzene rings is 1. The van der Waals surface area contributed by atoms with Gasteiger partial charge in [-0.3, -0.25) is 14.9 Å². The molecule has 1 aliphatic heterocycles. The smallest absolute Gasteiger partial charge is 0.338 e. The van der Waals surface area contributed by atoms with Crippen molar-refractivity contribution in [1.29, 1.82) is 0 Å². The van der Waals surface area contributed by atoms with Crippen LogP contribution in [0.2, 0.25) is 5.02 Å². The maximum atomic E-state index is 12.0. The Morgan fingerprint density at radius 1 is 1.41 bits per heavy atom. The lowest BCUT2D eigenvalue weighted by Crippen LogP contribution is -2.29. The summed E-state index contributed by atoms with van der Waals surface area (Å²) in [6, 6.07) is 3.56. The van der Waals surface area contributed by atoms with E-state index in [0.717, 1.165) is 6.07 Å². The van der Waals surface area contributed by atoms with Gasteiger partial charge in [0.15, 0.2) is 0 Å². The summed E-state index contributed by atoms with van der Waals surface area (Å²) in [4.78, 5) is 47.0. The third kappa shape index (κ3) is 5.44. The van der Waals surface area contributed by atoms with Crippen molar-refractivity contribution >= 4 is 46.9 Å². The van der Waals surface area contributed by atoms with Crippen molar-refractivity contribution < 1.29 is 28.8 Å². The van der Waals surface area contributed by atoms with Gasteiger partial charge in [-0.15, -0.1) is 0 Å². The minimum Gasteiger partial charge on any atom is -0.463 e. The van der Waals surface area contributed by atoms with E-state index in [9.17, 15) is 24.5 Å². The molecule has 1 heterocycles. The van der Waals surface area contributed by atoms with Gasteiger partial charge in [0, 0.05) is 6.07 Å². The van der Waals surface area contributed by atoms with Gasteiger partial charge in [-0.05, 0) is 19.1 Å². The van der Waals surface area contributed by atoms with E-state index in [2.05, 4.69) is 0 Å². The largest absolute Gasteiger partial charge is 0.463 e. The zero-order valence-electron chi connectivity index (χ0n) is 14.2. The molecular formula is C16H15ClN2O7S. The van der Waals surface area contributed by atoms with Gasteiger partial charge in [0.05, 0.1) is 40.5 Å². The topological polar surface area (TPSA) is 116 Å². The molecule has 1 saturated heterocycles. The number of nitro groups is 1. The number of carbonyl (C=O) groups excluding carboxylic acids is 3. The van der Waals surface area contributed by atoms with E-state index in [1.54, 1.807) is 6.92 Å². The number of carbonyl (C=O) groups is 3. The lowest BCUT2D eigenvalue weighted by molar-refractivity contribution is -0.384. The molecule has 11 heteroatoms. The number of halogens is 1. The van der Waals surface area contributed by atoms with Gasteiger partial charge in [-0.2, -0.15) is 0 Å². The quantitative estimate of drug-likeness (QED) is 0.289. The minimum atomic E-state index is -0.787. The molecule has 2 rings (SSSR count). The monoisotopic (exact) mass is 414 g/mol. The fourth-order valence-corrected chi connectivity index (χ4v) is 3.29. The Bertz CT molecular complexity index is 812. The second-order valence-corrected chi connectivity index (χ2v) is 6.53. The first-order valence-corrected chi connectivity index (χ1v) is 9.12. The van der Waals surface area contributed by atoms with Crippen molar-refractivity contribution in [3.63, 3.8) is 0 Å². The first-order chi connectivity index (χ1) is 12.8. The lowest BCUT2D eigenvalue weighted by Gasteiger charge is -2.16. The highest BCUT2D eigenvalue weighted by molar-refractivity contribution is 8.04. The summed E-state index contributed by atoms with van der Waals surface area (Å²) in [6.45, 7) is 1.77. The second-order valence-electron chi connectivity index (χ2n) is 5.13. The number of hydrogen-bond donors (Lipinski definition) is 0. The van der Waals surface area contributed by atoms with Crippen LogP contribution in [0, 0.1) is 10.1 Å². The van der Waals surface area contributed by atoms with Gasteiger partial charge in [0.2, 0.25) is 5.91 Å². The average molecular weight is 415 g/mol. The van der Waals surface area contributed by atoms with Crippen LogP contribution in [0.1, 0.15) is 17.3 Å². The molecule has 0 aromatic heterocycles. The van der Waals surface area contributed by atoms with Crippen molar-refractivity contribution in [2.24, 2.45) is 0 Å². The van der Waals surface area contributed by atoms with Crippen LogP contribution in [0.15, 0.2) is 29.3 Å². The average Bonchev–Trinajstić information content (AvgIpc) is 2.95. The summed E-state index contributed by atoms with van der Waals surface area (Å²) in [5, 5.41) is 11.2. The van der Waals surface area contributed by atoms with Crippen molar-refractivity contribution in [1.82, 2.24) is 4.90 Å². The highest BCUT2D eigenvalue weighted by Gasteiger charge is 2.27. The van der Waals surface area contributed by atoms with E-state index < -0.39 is 22.5 Å². The summed E-state index contributed by atoms with van der Waals surface area (Å²) in [5.41, 5.74) is -0.438. The maximum absolute atomic E-state index is 12.0. The van der Waals surface area contributed by atoms with Gasteiger partial charge in [-0.1, -0.05) is 23.4 Å². The molecule has 1 aromatic carbocycles. The third-order valence-corrected chi connectivity index (χ3v) is 4.71. The number of esters is 2. The van der Waals surface area contributed by atoms with E-state index in [0.29, 0.717) is 5.03 Å². The number of rotatable bonds is 7. The minimum absolute atomic E-state index is 0.0319. The summed E-state index contributed by atoms with van der Waals surface area (Å²) in [5.74, 6) is -1.41. The van der Waals surface area contributed by atoms with E-state index in [-0.39, 0.29) is 42.0 Å². The van der Waals surface area contributed by atoms with Crippen LogP contribution in [-0.2, 0) is 19.1 Å². The van der Waals surface area contributed by atoms with E-state index in [1.165, 1.54) is 34.9 Å². The molecule has 1 aliphatic rings. The highest BCUT2D eigenvalue weighted by atomic mass is 35.5. The van der Waals surface area contributed by atoms with Gasteiger partial charge >= 0.3 is 11.9 Å². The van der Waals surface area contributed by atoms with Crippen LogP contribution >= 0.6 is 23.4 Å². The predicted octanol–water partition coefficient (Wildman–Crippen LogP) is 2.38. The maximum Gasteiger partial charge on any atom is 0.338 e. The zero-order valence-corrected chi connectivity index (χ0v) is 15.7. The Labute approximate surface area is 163 Å². The molecule has 0 saturated carbocycles. The van der Waals surface area contributed by atoms with Crippen molar-refractivity contribution in [2.75, 3.05) is 25.5 Å². The first-order valence-electron chi connectivity index (χ1n) is 7.76. The van der Waals surface area contributed by atoms with E-state index in [1.807, 2.05) is 0 Å². The van der Waals surface area contributed by atoms with Crippen LogP contribution in [0.4, 0.5) is 5.69 Å². The summed E-state index contributed by atoms with van der Waals surface area (Å²) < 4.78 is 9.87. The van der Waals surface area contributed by atoms with Crippen LogP contribution in [0.5, 0.6) is 0 Å². The number of amides is 1. The fourth-order valence-electron chi connectivity index (χ4n) is 2.15. The number of hydrogen-bond acceptors (Lipinski definition) is 8. The van der Waals surface area contributed by atoms with Gasteiger partial charge in [0.25, 0.3) is 5.69 Å². The highest BCUT2D eigenvalue weighted by Crippen LogP contribution is 2.29. The van der Waals surface area contributed by atoms with Gasteiger partial charge in [-0.25, -0.2) is 9.59 Å². The molecule has 1 aromatic rings. The molecule has 0 aliphatic carbocycles. The van der Waals surface area contributed by atoms with Crippen LogP contribution < -0.4 is 0 Å². The summed E-state index contributed by atoms with van der Waals surface area (Å²) >= 11 is 6.88. The molecule has 0 radical (unpaired) electrons. The van der Waals surface area contributed by atoms with E-state index in [4.69, 9.17) is 21.1 Å². The molecule has 9 nitrogen and oxygen atoms in total. The molecule has 1 amide bonds. The SMILES string of the molecule is CCOC(=O)/C=C1\SCC(=O)N1CCOC(=O)c1ccc(Cl)c([N+](=O)[O-])c1. The summed E-state index contributed by atoms with van der Waals surface area (Å²) in [7, 11) is 0. The molecule has 27 heavy (non-hydrogen) atoms. The summed E-state index contributed by atoms with van der Waals surface area (Å²) in [6.07, 6.45) is 1.21. The molecule has 0 bridgehead atoms. The van der Waals surface area contributed by atoms with Crippen molar-refractivity contribution in [3.05, 3.63) is 50.0 Å². The Hall–Kier alpha value is -2.59. The zero-order chi connectivity index (χ0) is 20.0. The molecular weight excluding hydrogens is 400 g/mol. The fraction of sp³-hybridized carbons (Fsp3) is 0.312. The second kappa shape index (κ2) is 9.38. The first kappa shape index (κ1) is 20.7. The molecule has 144 valence electrons. The Balaban J connectivity index is 1.97. The lowest BCUT2D eigenvalue weighted by atomic mass is 10.2. The normalized spacial score (nSPS) is 15.1. The predicted molar refractivity (Wildman–Crippen MR) is 97.3 cm³/mol. The van der Waals surface area contributed by atoms with E-state index >= 15 is 0 Å². The number of nitro benzene ring substituents is 1. The molecule has 1 fully saturated rings. The number of thioether (sulfide) groups is 1. The standard InChI is InChI=1S/C16H15ClN2O7S/c1-2-25-15(21)8-14-18(13(20)9-27-14)5-6-26-16(22)10-3-4-11(17)12(7-10)19(23)24/h3-4,7-8H,2,5-6,9H2,1H3/b14-8-.